The van der Waals surface area contributed by atoms with Gasteiger partial charge >= 0.3 is 0 Å². The van der Waals surface area contributed by atoms with Gasteiger partial charge in [0.15, 0.2) is 17.3 Å². The Balaban J connectivity index is 2.42. The molecule has 0 saturated heterocycles. The van der Waals surface area contributed by atoms with E-state index in [9.17, 15) is 0 Å². The van der Waals surface area contributed by atoms with Crippen molar-refractivity contribution in [2.24, 2.45) is 10.9 Å². The highest BCUT2D eigenvalue weighted by atomic mass is 16.5. The SMILES string of the molecule is COc1cc2c(cc1OC)CC(/C(N)=N\O)=C2. The second-order valence-electron chi connectivity index (χ2n) is 3.74. The van der Waals surface area contributed by atoms with Crippen LogP contribution in [-0.4, -0.2) is 25.3 Å². The standard InChI is InChI=1S/C12H14N2O3/c1-16-10-5-7-3-9(12(13)14-15)4-8(7)6-11(10)17-2/h3,5-6,15H,4H2,1-2H3,(H2,13,14). The van der Waals surface area contributed by atoms with E-state index in [2.05, 4.69) is 5.16 Å². The molecular weight excluding hydrogens is 220 g/mol. The third kappa shape index (κ3) is 1.91. The summed E-state index contributed by atoms with van der Waals surface area (Å²) < 4.78 is 10.4. The maximum atomic E-state index is 8.65. The first-order chi connectivity index (χ1) is 8.19. The van der Waals surface area contributed by atoms with Crippen molar-refractivity contribution < 1.29 is 14.7 Å². The molecule has 0 radical (unpaired) electrons. The first kappa shape index (κ1) is 11.3. The van der Waals surface area contributed by atoms with Crippen LogP contribution < -0.4 is 15.2 Å². The fourth-order valence-corrected chi connectivity index (χ4v) is 1.90. The average Bonchev–Trinajstić information content (AvgIpc) is 2.78. The van der Waals surface area contributed by atoms with Gasteiger partial charge in [-0.2, -0.15) is 0 Å². The summed E-state index contributed by atoms with van der Waals surface area (Å²) in [5.74, 6) is 1.49. The largest absolute Gasteiger partial charge is 0.493 e. The highest BCUT2D eigenvalue weighted by Crippen LogP contribution is 2.35. The van der Waals surface area contributed by atoms with Gasteiger partial charge in [0.05, 0.1) is 14.2 Å². The fraction of sp³-hybridized carbons (Fsp3) is 0.250. The van der Waals surface area contributed by atoms with Crippen LogP contribution in [0.2, 0.25) is 0 Å². The van der Waals surface area contributed by atoms with Gasteiger partial charge in [-0.15, -0.1) is 0 Å². The molecule has 5 nitrogen and oxygen atoms in total. The third-order valence-electron chi connectivity index (χ3n) is 2.79. The zero-order valence-corrected chi connectivity index (χ0v) is 9.73. The van der Waals surface area contributed by atoms with E-state index in [0.29, 0.717) is 17.9 Å². The summed E-state index contributed by atoms with van der Waals surface area (Å²) in [7, 11) is 3.18. The lowest BCUT2D eigenvalue weighted by Crippen LogP contribution is -2.14. The number of nitrogens with two attached hydrogens (primary N) is 1. The molecule has 5 heteroatoms. The molecule has 0 bridgehead atoms. The number of fused-ring (bicyclic) bond motifs is 1. The highest BCUT2D eigenvalue weighted by molar-refractivity contribution is 6.02. The molecule has 0 aromatic heterocycles. The van der Waals surface area contributed by atoms with Crippen molar-refractivity contribution in [2.45, 2.75) is 6.42 Å². The molecular formula is C12H14N2O3. The molecule has 0 saturated carbocycles. The van der Waals surface area contributed by atoms with E-state index in [1.165, 1.54) is 0 Å². The predicted octanol–water partition coefficient (Wildman–Crippen LogP) is 1.39. The van der Waals surface area contributed by atoms with Crippen LogP contribution in [0.25, 0.3) is 6.08 Å². The maximum Gasteiger partial charge on any atom is 0.166 e. The number of benzene rings is 1. The molecule has 3 N–H and O–H groups in total. The smallest absolute Gasteiger partial charge is 0.166 e. The van der Waals surface area contributed by atoms with E-state index in [-0.39, 0.29) is 5.84 Å². The van der Waals surface area contributed by atoms with Gasteiger partial charge in [0.2, 0.25) is 0 Å². The summed E-state index contributed by atoms with van der Waals surface area (Å²) in [6.07, 6.45) is 2.51. The second kappa shape index (κ2) is 4.37. The first-order valence-electron chi connectivity index (χ1n) is 5.13. The van der Waals surface area contributed by atoms with Gasteiger partial charge in [0.1, 0.15) is 0 Å². The van der Waals surface area contributed by atoms with Crippen molar-refractivity contribution in [3.8, 4) is 11.5 Å². The van der Waals surface area contributed by atoms with Gasteiger partial charge in [-0.3, -0.25) is 0 Å². The Labute approximate surface area is 99.1 Å². The lowest BCUT2D eigenvalue weighted by atomic mass is 10.1. The van der Waals surface area contributed by atoms with Gasteiger partial charge in [0, 0.05) is 12.0 Å². The molecule has 1 aliphatic carbocycles. The quantitative estimate of drug-likeness (QED) is 0.358. The molecule has 0 atom stereocenters. The topological polar surface area (TPSA) is 77.1 Å². The fourth-order valence-electron chi connectivity index (χ4n) is 1.90. The number of ether oxygens (including phenoxy) is 2. The van der Waals surface area contributed by atoms with Gasteiger partial charge in [0.25, 0.3) is 0 Å². The van der Waals surface area contributed by atoms with Crippen LogP contribution >= 0.6 is 0 Å². The lowest BCUT2D eigenvalue weighted by molar-refractivity contribution is 0.318. The number of rotatable bonds is 3. The minimum atomic E-state index is 0.138. The maximum absolute atomic E-state index is 8.65. The number of hydrogen-bond donors (Lipinski definition) is 2. The van der Waals surface area contributed by atoms with Crippen LogP contribution in [0.3, 0.4) is 0 Å². The molecule has 0 aliphatic heterocycles. The zero-order chi connectivity index (χ0) is 12.4. The summed E-state index contributed by atoms with van der Waals surface area (Å²) in [4.78, 5) is 0. The van der Waals surface area contributed by atoms with E-state index in [4.69, 9.17) is 20.4 Å². The third-order valence-corrected chi connectivity index (χ3v) is 2.79. The number of nitrogens with zero attached hydrogens (tertiary/aromatic N) is 1. The van der Waals surface area contributed by atoms with Crippen LogP contribution in [0.4, 0.5) is 0 Å². The van der Waals surface area contributed by atoms with E-state index in [1.807, 2.05) is 18.2 Å². The van der Waals surface area contributed by atoms with Crippen LogP contribution in [0, 0.1) is 0 Å². The van der Waals surface area contributed by atoms with Gasteiger partial charge in [-0.1, -0.05) is 5.16 Å². The Hall–Kier alpha value is -2.17. The molecule has 0 amide bonds. The number of oxime groups is 1. The van der Waals surface area contributed by atoms with Gasteiger partial charge in [-0.25, -0.2) is 0 Å². The number of amidine groups is 1. The van der Waals surface area contributed by atoms with Crippen LogP contribution in [0.1, 0.15) is 11.1 Å². The van der Waals surface area contributed by atoms with Gasteiger partial charge in [-0.05, 0) is 29.3 Å². The Kier molecular flexibility index (Phi) is 2.91. The van der Waals surface area contributed by atoms with E-state index < -0.39 is 0 Å². The van der Waals surface area contributed by atoms with Crippen LogP contribution in [-0.2, 0) is 6.42 Å². The molecule has 1 aliphatic rings. The molecule has 0 heterocycles. The van der Waals surface area contributed by atoms with Gasteiger partial charge < -0.3 is 20.4 Å². The molecule has 90 valence electrons. The summed E-state index contributed by atoms with van der Waals surface area (Å²) >= 11 is 0. The Morgan fingerprint density at radius 3 is 2.53 bits per heavy atom. The molecule has 2 rings (SSSR count). The summed E-state index contributed by atoms with van der Waals surface area (Å²) in [5, 5.41) is 11.7. The number of hydrogen-bond acceptors (Lipinski definition) is 4. The van der Waals surface area contributed by atoms with Crippen molar-refractivity contribution in [3.05, 3.63) is 28.8 Å². The summed E-state index contributed by atoms with van der Waals surface area (Å²) in [6, 6.07) is 3.79. The monoisotopic (exact) mass is 234 g/mol. The summed E-state index contributed by atoms with van der Waals surface area (Å²) in [6.45, 7) is 0. The highest BCUT2D eigenvalue weighted by Gasteiger charge is 2.18. The normalized spacial score (nSPS) is 14.2. The van der Waals surface area contributed by atoms with E-state index in [1.54, 1.807) is 14.2 Å². The van der Waals surface area contributed by atoms with E-state index >= 15 is 0 Å². The second-order valence-corrected chi connectivity index (χ2v) is 3.74. The number of methoxy groups -OCH3 is 2. The molecule has 0 fully saturated rings. The predicted molar refractivity (Wildman–Crippen MR) is 64.6 cm³/mol. The lowest BCUT2D eigenvalue weighted by Gasteiger charge is -2.09. The molecule has 1 aromatic carbocycles. The average molecular weight is 234 g/mol. The van der Waals surface area contributed by atoms with Crippen molar-refractivity contribution in [1.82, 2.24) is 0 Å². The Bertz CT molecular complexity index is 507. The molecule has 0 spiro atoms. The summed E-state index contributed by atoms with van der Waals surface area (Å²) in [5.41, 5.74) is 8.43. The molecule has 1 aromatic rings. The van der Waals surface area contributed by atoms with Crippen molar-refractivity contribution in [2.75, 3.05) is 14.2 Å². The van der Waals surface area contributed by atoms with Crippen LogP contribution in [0.15, 0.2) is 22.9 Å². The Morgan fingerprint density at radius 1 is 1.29 bits per heavy atom. The first-order valence-corrected chi connectivity index (χ1v) is 5.13. The van der Waals surface area contributed by atoms with Crippen molar-refractivity contribution in [3.63, 3.8) is 0 Å². The minimum absolute atomic E-state index is 0.138. The molecule has 0 unspecified atom stereocenters. The van der Waals surface area contributed by atoms with Crippen LogP contribution in [0.5, 0.6) is 11.5 Å². The minimum Gasteiger partial charge on any atom is -0.493 e. The zero-order valence-electron chi connectivity index (χ0n) is 9.73. The van der Waals surface area contributed by atoms with E-state index in [0.717, 1.165) is 16.7 Å². The van der Waals surface area contributed by atoms with Crippen molar-refractivity contribution >= 4 is 11.9 Å². The van der Waals surface area contributed by atoms with Crippen molar-refractivity contribution in [1.29, 1.82) is 0 Å². The Morgan fingerprint density at radius 2 is 1.94 bits per heavy atom. The molecule has 17 heavy (non-hydrogen) atoms.